The van der Waals surface area contributed by atoms with Crippen molar-refractivity contribution in [1.82, 2.24) is 0 Å². The largest absolute Gasteiger partial charge is 0.389 e. The third-order valence-corrected chi connectivity index (χ3v) is 2.62. The number of halogens is 3. The first-order chi connectivity index (χ1) is 4.99. The minimum atomic E-state index is -4.19. The van der Waals surface area contributed by atoms with Crippen molar-refractivity contribution in [3.05, 3.63) is 0 Å². The van der Waals surface area contributed by atoms with Crippen molar-refractivity contribution >= 4 is 17.5 Å². The monoisotopic (exact) mass is 184 g/mol. The second kappa shape index (κ2) is 3.05. The normalized spacial score (nSPS) is 26.1. The Morgan fingerprint density at radius 1 is 1.55 bits per heavy atom. The summed E-state index contributed by atoms with van der Waals surface area (Å²) in [7, 11) is 0. The molecule has 0 N–H and O–H groups in total. The molecular weight excluding hydrogens is 177 g/mol. The summed E-state index contributed by atoms with van der Waals surface area (Å²) in [5.74, 6) is -0.452. The summed E-state index contributed by atoms with van der Waals surface area (Å²) >= 11 is 1.28. The van der Waals surface area contributed by atoms with E-state index in [1.165, 1.54) is 11.8 Å². The van der Waals surface area contributed by atoms with Crippen molar-refractivity contribution in [3.8, 4) is 0 Å². The van der Waals surface area contributed by atoms with Gasteiger partial charge in [0, 0.05) is 11.7 Å². The molecule has 0 amide bonds. The van der Waals surface area contributed by atoms with Gasteiger partial charge in [-0.2, -0.15) is 24.9 Å². The molecule has 0 aliphatic carbocycles. The van der Waals surface area contributed by atoms with Gasteiger partial charge in [-0.05, 0) is 0 Å². The van der Waals surface area contributed by atoms with Crippen LogP contribution in [-0.4, -0.2) is 23.5 Å². The molecule has 0 bridgehead atoms. The molecule has 1 aliphatic rings. The molecule has 1 nitrogen and oxygen atoms in total. The van der Waals surface area contributed by atoms with Gasteiger partial charge in [0.15, 0.2) is 0 Å². The number of ketones is 1. The van der Waals surface area contributed by atoms with Crippen LogP contribution in [0.15, 0.2) is 0 Å². The summed E-state index contributed by atoms with van der Waals surface area (Å²) in [4.78, 5) is 10.7. The maximum absolute atomic E-state index is 11.7. The number of Topliss-reactive ketones (excluding diaryl/α,β-unsaturated/α-hetero) is 1. The topological polar surface area (TPSA) is 17.1 Å². The molecular formula is C6H7F3OS. The van der Waals surface area contributed by atoms with Gasteiger partial charge < -0.3 is 0 Å². The summed E-state index contributed by atoms with van der Waals surface area (Å²) in [6.07, 6.45) is -5.13. The lowest BCUT2D eigenvalue weighted by atomic mass is 10.0. The van der Waals surface area contributed by atoms with E-state index in [0.717, 1.165) is 0 Å². The van der Waals surface area contributed by atoms with Crippen molar-refractivity contribution in [2.75, 3.05) is 11.5 Å². The average Bonchev–Trinajstić information content (AvgIpc) is 2.12. The quantitative estimate of drug-likeness (QED) is 0.618. The molecule has 1 fully saturated rings. The zero-order valence-corrected chi connectivity index (χ0v) is 6.47. The summed E-state index contributed by atoms with van der Waals surface area (Å²) in [5, 5.41) is 0. The van der Waals surface area contributed by atoms with Gasteiger partial charge >= 0.3 is 6.18 Å². The molecule has 5 heteroatoms. The standard InChI is InChI=1S/C6H7F3OS/c7-6(8,9)1-4-2-11-3-5(4)10/h4H,1-3H2. The predicted octanol–water partition coefficient (Wildman–Crippen LogP) is 1.87. The first kappa shape index (κ1) is 8.90. The van der Waals surface area contributed by atoms with Gasteiger partial charge in [0.1, 0.15) is 5.78 Å². The zero-order chi connectivity index (χ0) is 8.48. The molecule has 0 aromatic rings. The highest BCUT2D eigenvalue weighted by Gasteiger charge is 2.37. The third-order valence-electron chi connectivity index (χ3n) is 1.50. The van der Waals surface area contributed by atoms with E-state index < -0.39 is 18.5 Å². The lowest BCUT2D eigenvalue weighted by molar-refractivity contribution is -0.149. The Bertz CT molecular complexity index is 166. The van der Waals surface area contributed by atoms with E-state index in [9.17, 15) is 18.0 Å². The van der Waals surface area contributed by atoms with E-state index in [0.29, 0.717) is 5.75 Å². The molecule has 0 saturated carbocycles. The fourth-order valence-corrected chi connectivity index (χ4v) is 2.11. The fourth-order valence-electron chi connectivity index (χ4n) is 0.965. The highest BCUT2D eigenvalue weighted by molar-refractivity contribution is 8.00. The van der Waals surface area contributed by atoms with E-state index in [-0.39, 0.29) is 11.5 Å². The van der Waals surface area contributed by atoms with Gasteiger partial charge in [-0.1, -0.05) is 0 Å². The Labute approximate surface area is 66.3 Å². The van der Waals surface area contributed by atoms with Crippen molar-refractivity contribution in [3.63, 3.8) is 0 Å². The SMILES string of the molecule is O=C1CSCC1CC(F)(F)F. The number of carbonyl (C=O) groups is 1. The molecule has 0 spiro atoms. The van der Waals surface area contributed by atoms with E-state index in [2.05, 4.69) is 0 Å². The number of hydrogen-bond acceptors (Lipinski definition) is 2. The van der Waals surface area contributed by atoms with Crippen LogP contribution in [0.3, 0.4) is 0 Å². The van der Waals surface area contributed by atoms with Crippen molar-refractivity contribution in [2.45, 2.75) is 12.6 Å². The Balaban J connectivity index is 2.43. The van der Waals surface area contributed by atoms with Gasteiger partial charge in [0.2, 0.25) is 0 Å². The second-order valence-corrected chi connectivity index (χ2v) is 3.53. The minimum Gasteiger partial charge on any atom is -0.298 e. The van der Waals surface area contributed by atoms with E-state index >= 15 is 0 Å². The van der Waals surface area contributed by atoms with Gasteiger partial charge in [-0.25, -0.2) is 0 Å². The average molecular weight is 184 g/mol. The van der Waals surface area contributed by atoms with Crippen LogP contribution in [0.4, 0.5) is 13.2 Å². The lowest BCUT2D eigenvalue weighted by Gasteiger charge is -2.09. The van der Waals surface area contributed by atoms with E-state index in [1.54, 1.807) is 0 Å². The number of carbonyl (C=O) groups excluding carboxylic acids is 1. The molecule has 1 atom stereocenters. The molecule has 1 unspecified atom stereocenters. The molecule has 64 valence electrons. The summed E-state index contributed by atoms with van der Waals surface area (Å²) in [5.41, 5.74) is 0. The van der Waals surface area contributed by atoms with Crippen LogP contribution in [0.1, 0.15) is 6.42 Å². The van der Waals surface area contributed by atoms with Crippen LogP contribution in [0, 0.1) is 5.92 Å². The smallest absolute Gasteiger partial charge is 0.298 e. The summed E-state index contributed by atoms with van der Waals surface area (Å²) in [6, 6.07) is 0. The van der Waals surface area contributed by atoms with Crippen molar-refractivity contribution in [1.29, 1.82) is 0 Å². The molecule has 1 aliphatic heterocycles. The first-order valence-electron chi connectivity index (χ1n) is 3.16. The molecule has 1 saturated heterocycles. The van der Waals surface area contributed by atoms with E-state index in [4.69, 9.17) is 0 Å². The van der Waals surface area contributed by atoms with Crippen LogP contribution in [-0.2, 0) is 4.79 Å². The molecule has 11 heavy (non-hydrogen) atoms. The van der Waals surface area contributed by atoms with Crippen LogP contribution < -0.4 is 0 Å². The van der Waals surface area contributed by atoms with Crippen LogP contribution in [0.5, 0.6) is 0 Å². The van der Waals surface area contributed by atoms with Gasteiger partial charge in [0.05, 0.1) is 12.2 Å². The number of thioether (sulfide) groups is 1. The van der Waals surface area contributed by atoms with Crippen molar-refractivity contribution < 1.29 is 18.0 Å². The highest BCUT2D eigenvalue weighted by Crippen LogP contribution is 2.31. The number of alkyl halides is 3. The maximum Gasteiger partial charge on any atom is 0.389 e. The highest BCUT2D eigenvalue weighted by atomic mass is 32.2. The molecule has 0 radical (unpaired) electrons. The van der Waals surface area contributed by atoms with Gasteiger partial charge in [-0.3, -0.25) is 4.79 Å². The Hall–Kier alpha value is -0.190. The zero-order valence-electron chi connectivity index (χ0n) is 5.65. The minimum absolute atomic E-state index is 0.251. The predicted molar refractivity (Wildman–Crippen MR) is 36.5 cm³/mol. The number of hydrogen-bond donors (Lipinski definition) is 0. The second-order valence-electron chi connectivity index (χ2n) is 2.50. The summed E-state index contributed by atoms with van der Waals surface area (Å²) < 4.78 is 35.2. The van der Waals surface area contributed by atoms with Crippen LogP contribution in [0.2, 0.25) is 0 Å². The third kappa shape index (κ3) is 2.73. The van der Waals surface area contributed by atoms with E-state index in [1.807, 2.05) is 0 Å². The maximum atomic E-state index is 11.7. The van der Waals surface area contributed by atoms with Crippen molar-refractivity contribution in [2.24, 2.45) is 5.92 Å². The summed E-state index contributed by atoms with van der Waals surface area (Å²) in [6.45, 7) is 0. The molecule has 1 heterocycles. The molecule has 0 aromatic carbocycles. The number of rotatable bonds is 1. The fraction of sp³-hybridized carbons (Fsp3) is 0.833. The Kier molecular flexibility index (Phi) is 2.47. The van der Waals surface area contributed by atoms with Crippen LogP contribution in [0.25, 0.3) is 0 Å². The molecule has 1 rings (SSSR count). The lowest BCUT2D eigenvalue weighted by Crippen LogP contribution is -2.20. The molecule has 0 aromatic heterocycles. The van der Waals surface area contributed by atoms with Gasteiger partial charge in [-0.15, -0.1) is 0 Å². The van der Waals surface area contributed by atoms with Crippen LogP contribution >= 0.6 is 11.8 Å². The van der Waals surface area contributed by atoms with Gasteiger partial charge in [0.25, 0.3) is 0 Å². The Morgan fingerprint density at radius 3 is 2.55 bits per heavy atom. The first-order valence-corrected chi connectivity index (χ1v) is 4.32. The Morgan fingerprint density at radius 2 is 2.18 bits per heavy atom.